The highest BCUT2D eigenvalue weighted by Gasteiger charge is 1.98. The minimum atomic E-state index is -0.303. The van der Waals surface area contributed by atoms with Crippen molar-refractivity contribution < 1.29 is 4.39 Å². The van der Waals surface area contributed by atoms with Crippen molar-refractivity contribution in [3.63, 3.8) is 0 Å². The number of halogens is 1. The molecule has 1 atom stereocenters. The van der Waals surface area contributed by atoms with Gasteiger partial charge in [0.25, 0.3) is 0 Å². The van der Waals surface area contributed by atoms with Gasteiger partial charge in [-0.15, -0.1) is 0 Å². The van der Waals surface area contributed by atoms with E-state index in [2.05, 4.69) is 4.98 Å². The van der Waals surface area contributed by atoms with Crippen molar-refractivity contribution in [1.29, 1.82) is 0 Å². The smallest absolute Gasteiger partial charge is 0.141 e. The van der Waals surface area contributed by atoms with E-state index in [4.69, 9.17) is 5.73 Å². The SMILES string of the molecule is C[C@H](N)Cc1cncc(F)c1. The van der Waals surface area contributed by atoms with E-state index in [-0.39, 0.29) is 11.9 Å². The lowest BCUT2D eigenvalue weighted by Gasteiger charge is -2.03. The Balaban J connectivity index is 2.71. The number of aromatic nitrogens is 1. The van der Waals surface area contributed by atoms with Crippen LogP contribution in [0.15, 0.2) is 18.5 Å². The lowest BCUT2D eigenvalue weighted by molar-refractivity contribution is 0.615. The molecule has 2 N–H and O–H groups in total. The molecule has 0 bridgehead atoms. The first-order valence-corrected chi connectivity index (χ1v) is 3.53. The van der Waals surface area contributed by atoms with Crippen LogP contribution in [0.4, 0.5) is 4.39 Å². The third kappa shape index (κ3) is 2.63. The first-order valence-electron chi connectivity index (χ1n) is 3.53. The van der Waals surface area contributed by atoms with Gasteiger partial charge in [0, 0.05) is 12.2 Å². The number of nitrogens with two attached hydrogens (primary N) is 1. The number of hydrogen-bond donors (Lipinski definition) is 1. The van der Waals surface area contributed by atoms with Crippen molar-refractivity contribution in [3.8, 4) is 0 Å². The number of nitrogens with zero attached hydrogens (tertiary/aromatic N) is 1. The first-order chi connectivity index (χ1) is 5.18. The highest BCUT2D eigenvalue weighted by molar-refractivity contribution is 5.11. The Bertz CT molecular complexity index is 235. The molecule has 0 aliphatic heterocycles. The zero-order valence-corrected chi connectivity index (χ0v) is 6.42. The standard InChI is InChI=1S/C8H11FN2/c1-6(10)2-7-3-8(9)5-11-4-7/h3-6H,2,10H2,1H3/t6-/m0/s1. The Kier molecular flexibility index (Phi) is 2.54. The molecule has 60 valence electrons. The van der Waals surface area contributed by atoms with Gasteiger partial charge in [0.2, 0.25) is 0 Å². The fourth-order valence-electron chi connectivity index (χ4n) is 0.939. The summed E-state index contributed by atoms with van der Waals surface area (Å²) < 4.78 is 12.5. The van der Waals surface area contributed by atoms with Gasteiger partial charge in [-0.05, 0) is 25.0 Å². The normalized spacial score (nSPS) is 13.0. The summed E-state index contributed by atoms with van der Waals surface area (Å²) in [6.45, 7) is 1.88. The average molecular weight is 154 g/mol. The molecule has 0 radical (unpaired) electrons. The third-order valence-electron chi connectivity index (χ3n) is 1.32. The molecule has 0 saturated heterocycles. The topological polar surface area (TPSA) is 38.9 Å². The number of rotatable bonds is 2. The van der Waals surface area contributed by atoms with Gasteiger partial charge in [0.05, 0.1) is 6.20 Å². The molecule has 0 spiro atoms. The van der Waals surface area contributed by atoms with Gasteiger partial charge in [-0.25, -0.2) is 4.39 Å². The molecule has 2 nitrogen and oxygen atoms in total. The third-order valence-corrected chi connectivity index (χ3v) is 1.32. The van der Waals surface area contributed by atoms with E-state index in [0.29, 0.717) is 6.42 Å². The maximum atomic E-state index is 12.5. The molecule has 1 heterocycles. The summed E-state index contributed by atoms with van der Waals surface area (Å²) in [6.07, 6.45) is 3.49. The zero-order valence-electron chi connectivity index (χ0n) is 6.42. The van der Waals surface area contributed by atoms with Gasteiger partial charge >= 0.3 is 0 Å². The monoisotopic (exact) mass is 154 g/mol. The molecule has 1 rings (SSSR count). The van der Waals surface area contributed by atoms with Crippen molar-refractivity contribution >= 4 is 0 Å². The molecule has 0 aliphatic rings. The second kappa shape index (κ2) is 3.44. The molecule has 0 fully saturated rings. The predicted molar refractivity (Wildman–Crippen MR) is 41.5 cm³/mol. The summed E-state index contributed by atoms with van der Waals surface area (Å²) in [5.41, 5.74) is 6.37. The fraction of sp³-hybridized carbons (Fsp3) is 0.375. The Morgan fingerprint density at radius 2 is 2.36 bits per heavy atom. The molecule has 0 unspecified atom stereocenters. The van der Waals surface area contributed by atoms with E-state index in [1.165, 1.54) is 12.3 Å². The Hall–Kier alpha value is -0.960. The summed E-state index contributed by atoms with van der Waals surface area (Å²) in [5.74, 6) is -0.303. The molecule has 0 aromatic carbocycles. The van der Waals surface area contributed by atoms with Crippen LogP contribution in [0.3, 0.4) is 0 Å². The van der Waals surface area contributed by atoms with Crippen LogP contribution >= 0.6 is 0 Å². The van der Waals surface area contributed by atoms with Crippen LogP contribution in [0, 0.1) is 5.82 Å². The second-order valence-corrected chi connectivity index (χ2v) is 2.69. The van der Waals surface area contributed by atoms with Gasteiger partial charge in [-0.2, -0.15) is 0 Å². The fourth-order valence-corrected chi connectivity index (χ4v) is 0.939. The summed E-state index contributed by atoms with van der Waals surface area (Å²) in [5, 5.41) is 0. The number of pyridine rings is 1. The number of hydrogen-bond acceptors (Lipinski definition) is 2. The maximum absolute atomic E-state index is 12.5. The lowest BCUT2D eigenvalue weighted by atomic mass is 10.1. The van der Waals surface area contributed by atoms with Gasteiger partial charge in [0.1, 0.15) is 5.82 Å². The molecule has 3 heteroatoms. The summed E-state index contributed by atoms with van der Waals surface area (Å²) in [7, 11) is 0. The van der Waals surface area contributed by atoms with Gasteiger partial charge in [-0.1, -0.05) is 0 Å². The average Bonchev–Trinajstić information content (AvgIpc) is 1.85. The van der Waals surface area contributed by atoms with Crippen molar-refractivity contribution in [2.24, 2.45) is 5.73 Å². The molecule has 0 aliphatic carbocycles. The van der Waals surface area contributed by atoms with Crippen LogP contribution in [0.25, 0.3) is 0 Å². The molecule has 0 saturated carbocycles. The maximum Gasteiger partial charge on any atom is 0.141 e. The van der Waals surface area contributed by atoms with Crippen molar-refractivity contribution in [2.45, 2.75) is 19.4 Å². The molecule has 0 amide bonds. The van der Waals surface area contributed by atoms with E-state index in [0.717, 1.165) is 5.56 Å². The van der Waals surface area contributed by atoms with Crippen molar-refractivity contribution in [2.75, 3.05) is 0 Å². The quantitative estimate of drug-likeness (QED) is 0.693. The zero-order chi connectivity index (χ0) is 8.27. The Morgan fingerprint density at radius 3 is 2.91 bits per heavy atom. The van der Waals surface area contributed by atoms with E-state index in [1.54, 1.807) is 6.20 Å². The van der Waals surface area contributed by atoms with E-state index in [1.807, 2.05) is 6.92 Å². The summed E-state index contributed by atoms with van der Waals surface area (Å²) in [6, 6.07) is 1.51. The Morgan fingerprint density at radius 1 is 1.64 bits per heavy atom. The van der Waals surface area contributed by atoms with Crippen LogP contribution in [0.5, 0.6) is 0 Å². The first kappa shape index (κ1) is 8.14. The van der Waals surface area contributed by atoms with Crippen LogP contribution in [-0.2, 0) is 6.42 Å². The lowest BCUT2D eigenvalue weighted by Crippen LogP contribution is -2.17. The van der Waals surface area contributed by atoms with Crippen LogP contribution in [0.1, 0.15) is 12.5 Å². The van der Waals surface area contributed by atoms with E-state index >= 15 is 0 Å². The highest BCUT2D eigenvalue weighted by Crippen LogP contribution is 2.02. The highest BCUT2D eigenvalue weighted by atomic mass is 19.1. The second-order valence-electron chi connectivity index (χ2n) is 2.69. The van der Waals surface area contributed by atoms with Crippen LogP contribution in [0.2, 0.25) is 0 Å². The van der Waals surface area contributed by atoms with E-state index < -0.39 is 0 Å². The van der Waals surface area contributed by atoms with E-state index in [9.17, 15) is 4.39 Å². The summed E-state index contributed by atoms with van der Waals surface area (Å²) in [4.78, 5) is 3.71. The predicted octanol–water partition coefficient (Wildman–Crippen LogP) is 1.11. The minimum Gasteiger partial charge on any atom is -0.328 e. The summed E-state index contributed by atoms with van der Waals surface area (Å²) >= 11 is 0. The molecular formula is C8H11FN2. The minimum absolute atomic E-state index is 0.0543. The molecule has 1 aromatic heterocycles. The Labute approximate surface area is 65.3 Å². The van der Waals surface area contributed by atoms with Gasteiger partial charge < -0.3 is 5.73 Å². The van der Waals surface area contributed by atoms with Gasteiger partial charge in [-0.3, -0.25) is 4.98 Å². The van der Waals surface area contributed by atoms with Crippen LogP contribution in [-0.4, -0.2) is 11.0 Å². The van der Waals surface area contributed by atoms with Crippen molar-refractivity contribution in [3.05, 3.63) is 29.8 Å². The van der Waals surface area contributed by atoms with Gasteiger partial charge in [0.15, 0.2) is 0 Å². The molecular weight excluding hydrogens is 143 g/mol. The molecule has 1 aromatic rings. The molecule has 11 heavy (non-hydrogen) atoms. The largest absolute Gasteiger partial charge is 0.328 e. The van der Waals surface area contributed by atoms with Crippen molar-refractivity contribution in [1.82, 2.24) is 4.98 Å². The van der Waals surface area contributed by atoms with Crippen LogP contribution < -0.4 is 5.73 Å².